The van der Waals surface area contributed by atoms with E-state index in [1.54, 1.807) is 4.90 Å². The Hall–Kier alpha value is -3.02. The zero-order valence-corrected chi connectivity index (χ0v) is 15.4. The molecule has 0 aromatic heterocycles. The van der Waals surface area contributed by atoms with Crippen LogP contribution >= 0.6 is 0 Å². The first kappa shape index (κ1) is 17.4. The lowest BCUT2D eigenvalue weighted by molar-refractivity contribution is -0.132. The van der Waals surface area contributed by atoms with Crippen molar-refractivity contribution in [1.82, 2.24) is 4.90 Å². The van der Waals surface area contributed by atoms with Gasteiger partial charge in [0.15, 0.2) is 6.61 Å². The maximum atomic E-state index is 12.8. The van der Waals surface area contributed by atoms with Crippen molar-refractivity contribution in [2.45, 2.75) is 6.92 Å². The van der Waals surface area contributed by atoms with Gasteiger partial charge in [-0.1, -0.05) is 24.3 Å². The monoisotopic (exact) mass is 365 g/mol. The second-order valence-corrected chi connectivity index (χ2v) is 6.94. The molecular weight excluding hydrogens is 342 g/mol. The number of aryl methyl sites for hydroxylation is 1. The molecule has 1 saturated heterocycles. The molecule has 1 fully saturated rings. The van der Waals surface area contributed by atoms with Crippen LogP contribution in [0.1, 0.15) is 5.56 Å². The molecule has 2 aliphatic heterocycles. The fraction of sp³-hybridized carbons (Fsp3) is 0.333. The molecule has 2 aromatic rings. The lowest BCUT2D eigenvalue weighted by atomic mass is 10.1. The van der Waals surface area contributed by atoms with Crippen LogP contribution in [0.15, 0.2) is 48.5 Å². The molecule has 140 valence electrons. The number of hydrogen-bond donors (Lipinski definition) is 0. The van der Waals surface area contributed by atoms with Crippen LogP contribution in [-0.4, -0.2) is 56.0 Å². The van der Waals surface area contributed by atoms with Gasteiger partial charge in [0.2, 0.25) is 5.91 Å². The summed E-state index contributed by atoms with van der Waals surface area (Å²) in [6.45, 7) is 4.90. The van der Waals surface area contributed by atoms with Gasteiger partial charge in [-0.25, -0.2) is 0 Å². The molecule has 2 amide bonds. The number of benzene rings is 2. The molecule has 0 bridgehead atoms. The molecule has 0 radical (unpaired) electrons. The topological polar surface area (TPSA) is 53.1 Å². The normalized spacial score (nSPS) is 16.8. The summed E-state index contributed by atoms with van der Waals surface area (Å²) in [6.07, 6.45) is 0. The van der Waals surface area contributed by atoms with Crippen LogP contribution in [0.5, 0.6) is 5.75 Å². The Bertz CT molecular complexity index is 845. The number of para-hydroxylation sites is 1. The van der Waals surface area contributed by atoms with Gasteiger partial charge in [0, 0.05) is 31.9 Å². The number of fused-ring (bicyclic) bond motifs is 1. The van der Waals surface area contributed by atoms with E-state index in [0.29, 0.717) is 24.5 Å². The molecule has 0 unspecified atom stereocenters. The quantitative estimate of drug-likeness (QED) is 0.836. The molecule has 6 nitrogen and oxygen atoms in total. The third kappa shape index (κ3) is 3.60. The van der Waals surface area contributed by atoms with Gasteiger partial charge < -0.3 is 14.5 Å². The van der Waals surface area contributed by atoms with Crippen molar-refractivity contribution in [2.24, 2.45) is 0 Å². The van der Waals surface area contributed by atoms with Crippen LogP contribution in [-0.2, 0) is 9.59 Å². The molecule has 4 rings (SSSR count). The molecule has 0 saturated carbocycles. The third-order valence-electron chi connectivity index (χ3n) is 5.10. The van der Waals surface area contributed by atoms with Crippen molar-refractivity contribution in [1.29, 1.82) is 0 Å². The van der Waals surface area contributed by atoms with Crippen LogP contribution in [0.4, 0.5) is 11.4 Å². The fourth-order valence-electron chi connectivity index (χ4n) is 3.57. The van der Waals surface area contributed by atoms with Gasteiger partial charge in [-0.2, -0.15) is 0 Å². The lowest BCUT2D eigenvalue weighted by Gasteiger charge is -2.37. The Labute approximate surface area is 158 Å². The SMILES string of the molecule is Cc1ccc2c(c1)N(CC(=O)N1CCN(c3ccccc3)CC1)C(=O)CO2. The summed E-state index contributed by atoms with van der Waals surface area (Å²) in [5, 5.41) is 0. The number of ether oxygens (including phenoxy) is 1. The number of piperazine rings is 1. The highest BCUT2D eigenvalue weighted by Crippen LogP contribution is 2.32. The van der Waals surface area contributed by atoms with Crippen LogP contribution in [0.3, 0.4) is 0 Å². The molecule has 2 heterocycles. The Balaban J connectivity index is 1.42. The third-order valence-corrected chi connectivity index (χ3v) is 5.10. The zero-order valence-electron chi connectivity index (χ0n) is 15.4. The van der Waals surface area contributed by atoms with Crippen LogP contribution < -0.4 is 14.5 Å². The highest BCUT2D eigenvalue weighted by molar-refractivity contribution is 6.02. The van der Waals surface area contributed by atoms with Crippen molar-refractivity contribution >= 4 is 23.2 Å². The number of nitrogens with zero attached hydrogens (tertiary/aromatic N) is 3. The lowest BCUT2D eigenvalue weighted by Crippen LogP contribution is -2.53. The summed E-state index contributed by atoms with van der Waals surface area (Å²) in [4.78, 5) is 30.8. The number of carbonyl (C=O) groups excluding carboxylic acids is 2. The largest absolute Gasteiger partial charge is 0.482 e. The second kappa shape index (κ2) is 7.31. The van der Waals surface area contributed by atoms with Gasteiger partial charge in [0.05, 0.1) is 5.69 Å². The van der Waals surface area contributed by atoms with Crippen LogP contribution in [0.2, 0.25) is 0 Å². The van der Waals surface area contributed by atoms with E-state index >= 15 is 0 Å². The minimum atomic E-state index is -0.177. The minimum absolute atomic E-state index is 0.0227. The first-order valence-electron chi connectivity index (χ1n) is 9.23. The van der Waals surface area contributed by atoms with Crippen molar-refractivity contribution in [3.05, 3.63) is 54.1 Å². The van der Waals surface area contributed by atoms with E-state index in [1.165, 1.54) is 5.69 Å². The number of amides is 2. The number of hydrogen-bond acceptors (Lipinski definition) is 4. The Morgan fingerprint density at radius 3 is 2.52 bits per heavy atom. The summed E-state index contributed by atoms with van der Waals surface area (Å²) >= 11 is 0. The summed E-state index contributed by atoms with van der Waals surface area (Å²) < 4.78 is 5.49. The van der Waals surface area contributed by atoms with Crippen molar-refractivity contribution in [3.63, 3.8) is 0 Å². The Kier molecular flexibility index (Phi) is 4.71. The molecule has 27 heavy (non-hydrogen) atoms. The van der Waals surface area contributed by atoms with E-state index in [9.17, 15) is 9.59 Å². The van der Waals surface area contributed by atoms with Gasteiger partial charge in [0.25, 0.3) is 5.91 Å². The summed E-state index contributed by atoms with van der Waals surface area (Å²) in [6, 6.07) is 15.9. The summed E-state index contributed by atoms with van der Waals surface area (Å²) in [7, 11) is 0. The fourth-order valence-corrected chi connectivity index (χ4v) is 3.57. The highest BCUT2D eigenvalue weighted by atomic mass is 16.5. The maximum Gasteiger partial charge on any atom is 0.265 e. The molecule has 6 heteroatoms. The van der Waals surface area contributed by atoms with Gasteiger partial charge in [0.1, 0.15) is 12.3 Å². The van der Waals surface area contributed by atoms with Crippen molar-refractivity contribution in [2.75, 3.05) is 49.1 Å². The molecule has 0 atom stereocenters. The van der Waals surface area contributed by atoms with Gasteiger partial charge in [-0.3, -0.25) is 14.5 Å². The van der Waals surface area contributed by atoms with Crippen LogP contribution in [0, 0.1) is 6.92 Å². The van der Waals surface area contributed by atoms with E-state index < -0.39 is 0 Å². The minimum Gasteiger partial charge on any atom is -0.482 e. The number of rotatable bonds is 3. The van der Waals surface area contributed by atoms with Crippen molar-refractivity contribution < 1.29 is 14.3 Å². The number of carbonyl (C=O) groups is 2. The molecule has 0 N–H and O–H groups in total. The predicted molar refractivity (Wildman–Crippen MR) is 104 cm³/mol. The maximum absolute atomic E-state index is 12.8. The van der Waals surface area contributed by atoms with E-state index in [0.717, 1.165) is 18.7 Å². The van der Waals surface area contributed by atoms with E-state index in [2.05, 4.69) is 17.0 Å². The molecule has 2 aromatic carbocycles. The zero-order chi connectivity index (χ0) is 18.8. The smallest absolute Gasteiger partial charge is 0.265 e. The van der Waals surface area contributed by atoms with Gasteiger partial charge in [-0.05, 0) is 36.8 Å². The molecule has 0 aliphatic carbocycles. The average molecular weight is 365 g/mol. The molecule has 2 aliphatic rings. The van der Waals surface area contributed by atoms with E-state index in [-0.39, 0.29) is 25.0 Å². The highest BCUT2D eigenvalue weighted by Gasteiger charge is 2.30. The first-order valence-corrected chi connectivity index (χ1v) is 9.23. The van der Waals surface area contributed by atoms with Gasteiger partial charge in [-0.15, -0.1) is 0 Å². The first-order chi connectivity index (χ1) is 13.1. The molecular formula is C21H23N3O3. The van der Waals surface area contributed by atoms with Crippen LogP contribution in [0.25, 0.3) is 0 Å². The molecule has 0 spiro atoms. The average Bonchev–Trinajstić information content (AvgIpc) is 2.71. The Morgan fingerprint density at radius 1 is 1.04 bits per heavy atom. The standard InChI is InChI=1S/C21H23N3O3/c1-16-7-8-19-18(13-16)24(21(26)15-27-19)14-20(25)23-11-9-22(10-12-23)17-5-3-2-4-6-17/h2-8,13H,9-12,14-15H2,1H3. The van der Waals surface area contributed by atoms with E-state index in [1.807, 2.05) is 48.2 Å². The van der Waals surface area contributed by atoms with Gasteiger partial charge >= 0.3 is 0 Å². The van der Waals surface area contributed by atoms with E-state index in [4.69, 9.17) is 4.74 Å². The summed E-state index contributed by atoms with van der Waals surface area (Å²) in [5.41, 5.74) is 2.89. The predicted octanol–water partition coefficient (Wildman–Crippen LogP) is 2.07. The number of anilines is 2. The van der Waals surface area contributed by atoms with Crippen molar-refractivity contribution in [3.8, 4) is 5.75 Å². The summed E-state index contributed by atoms with van der Waals surface area (Å²) in [5.74, 6) is 0.455. The Morgan fingerprint density at radius 2 is 1.78 bits per heavy atom. The second-order valence-electron chi connectivity index (χ2n) is 6.94.